The summed E-state index contributed by atoms with van der Waals surface area (Å²) in [4.78, 5) is 14.6. The number of allylic oxidation sites excluding steroid dienone is 4. The van der Waals surface area contributed by atoms with Crippen LogP contribution in [0.3, 0.4) is 0 Å². The summed E-state index contributed by atoms with van der Waals surface area (Å²) < 4.78 is 5.56. The van der Waals surface area contributed by atoms with Gasteiger partial charge in [-0.05, 0) is 45.1 Å². The minimum atomic E-state index is -0.0463. The third kappa shape index (κ3) is 4.66. The minimum absolute atomic E-state index is 0.0168. The normalized spacial score (nSPS) is 16.6. The van der Waals surface area contributed by atoms with E-state index in [-0.39, 0.29) is 24.0 Å². The fourth-order valence-corrected chi connectivity index (χ4v) is 3.68. The molecule has 0 saturated heterocycles. The molecule has 0 aromatic carbocycles. The summed E-state index contributed by atoms with van der Waals surface area (Å²) in [6, 6.07) is 0.0784. The first-order valence-corrected chi connectivity index (χ1v) is 9.21. The number of ether oxygens (including phenoxy) is 1. The Hall–Kier alpha value is -1.69. The molecule has 1 aliphatic rings. The average Bonchev–Trinajstić information content (AvgIpc) is 2.90. The lowest BCUT2D eigenvalue weighted by molar-refractivity contribution is -0.133. The predicted molar refractivity (Wildman–Crippen MR) is 97.0 cm³/mol. The number of hydrogen-bond acceptors (Lipinski definition) is 5. The zero-order chi connectivity index (χ0) is 17.9. The van der Waals surface area contributed by atoms with E-state index in [0.717, 1.165) is 23.5 Å². The van der Waals surface area contributed by atoms with Crippen molar-refractivity contribution in [3.8, 4) is 5.19 Å². The fraction of sp³-hybridized carbons (Fsp3) is 0.611. The first-order chi connectivity index (χ1) is 11.2. The number of hydrogen-bond donors (Lipinski definition) is 0. The van der Waals surface area contributed by atoms with Crippen LogP contribution in [-0.2, 0) is 11.2 Å². The molecule has 0 unspecified atom stereocenters. The van der Waals surface area contributed by atoms with Crippen molar-refractivity contribution in [2.75, 3.05) is 6.61 Å². The van der Waals surface area contributed by atoms with Crippen molar-refractivity contribution in [1.29, 1.82) is 0 Å². The first kappa shape index (κ1) is 18.6. The zero-order valence-corrected chi connectivity index (χ0v) is 16.2. The Bertz CT molecular complexity index is 659. The van der Waals surface area contributed by atoms with Crippen LogP contribution in [0.25, 0.3) is 0 Å². The van der Waals surface area contributed by atoms with Gasteiger partial charge in [0, 0.05) is 11.7 Å². The monoisotopic (exact) mass is 349 g/mol. The van der Waals surface area contributed by atoms with E-state index in [1.54, 1.807) is 0 Å². The zero-order valence-electron chi connectivity index (χ0n) is 15.4. The van der Waals surface area contributed by atoms with Gasteiger partial charge in [0.25, 0.3) is 11.1 Å². The van der Waals surface area contributed by atoms with Crippen molar-refractivity contribution >= 4 is 17.2 Å². The third-order valence-electron chi connectivity index (χ3n) is 3.81. The molecular formula is C18H27N3O2S. The van der Waals surface area contributed by atoms with Crippen LogP contribution in [0.5, 0.6) is 5.19 Å². The Labute approximate surface area is 148 Å². The molecule has 0 saturated carbocycles. The SMILES string of the molecule is CCc1nnc(OCC(=O)N(C2=CC(C)=CC(C)(C)C2)C(C)C)s1. The van der Waals surface area contributed by atoms with Gasteiger partial charge in [0.2, 0.25) is 0 Å². The number of amides is 1. The highest BCUT2D eigenvalue weighted by Crippen LogP contribution is 2.35. The van der Waals surface area contributed by atoms with Gasteiger partial charge in [-0.3, -0.25) is 4.79 Å². The van der Waals surface area contributed by atoms with Gasteiger partial charge < -0.3 is 9.64 Å². The fourth-order valence-electron chi connectivity index (χ4n) is 3.06. The van der Waals surface area contributed by atoms with Crippen molar-refractivity contribution in [3.63, 3.8) is 0 Å². The van der Waals surface area contributed by atoms with E-state index in [4.69, 9.17) is 4.74 Å². The Kier molecular flexibility index (Phi) is 5.80. The lowest BCUT2D eigenvalue weighted by Gasteiger charge is -2.35. The molecule has 0 atom stereocenters. The Morgan fingerprint density at radius 3 is 2.67 bits per heavy atom. The molecule has 1 aliphatic carbocycles. The van der Waals surface area contributed by atoms with Gasteiger partial charge in [-0.1, -0.05) is 43.8 Å². The largest absolute Gasteiger partial charge is 0.459 e. The van der Waals surface area contributed by atoms with Gasteiger partial charge in [-0.25, -0.2) is 0 Å². The molecule has 0 radical (unpaired) electrons. The molecule has 1 amide bonds. The molecule has 5 nitrogen and oxygen atoms in total. The van der Waals surface area contributed by atoms with Crippen LogP contribution in [0.4, 0.5) is 0 Å². The summed E-state index contributed by atoms with van der Waals surface area (Å²) in [5, 5.41) is 9.34. The van der Waals surface area contributed by atoms with Crippen LogP contribution in [-0.4, -0.2) is 33.7 Å². The number of nitrogens with zero attached hydrogens (tertiary/aromatic N) is 3. The summed E-state index contributed by atoms with van der Waals surface area (Å²) in [6.45, 7) is 12.5. The predicted octanol–water partition coefficient (Wildman–Crippen LogP) is 3.98. The number of aryl methyl sites for hydroxylation is 1. The molecule has 24 heavy (non-hydrogen) atoms. The topological polar surface area (TPSA) is 55.3 Å². The van der Waals surface area contributed by atoms with Crippen molar-refractivity contribution in [3.05, 3.63) is 28.4 Å². The minimum Gasteiger partial charge on any atom is -0.459 e. The van der Waals surface area contributed by atoms with Gasteiger partial charge in [-0.15, -0.1) is 10.2 Å². The second-order valence-corrected chi connectivity index (χ2v) is 8.18. The van der Waals surface area contributed by atoms with Gasteiger partial charge in [-0.2, -0.15) is 0 Å². The molecule has 1 heterocycles. The quantitative estimate of drug-likeness (QED) is 0.779. The number of carbonyl (C=O) groups is 1. The van der Waals surface area contributed by atoms with Crippen molar-refractivity contribution in [2.24, 2.45) is 5.41 Å². The van der Waals surface area contributed by atoms with E-state index in [1.807, 2.05) is 25.7 Å². The maximum Gasteiger partial charge on any atom is 0.294 e. The second-order valence-electron chi connectivity index (χ2n) is 7.15. The molecule has 0 aliphatic heterocycles. The van der Waals surface area contributed by atoms with E-state index in [2.05, 4.69) is 43.1 Å². The lowest BCUT2D eigenvalue weighted by Crippen LogP contribution is -2.41. The van der Waals surface area contributed by atoms with E-state index < -0.39 is 0 Å². The summed E-state index contributed by atoms with van der Waals surface area (Å²) in [5.74, 6) is -0.0463. The maximum atomic E-state index is 12.7. The third-order valence-corrected chi connectivity index (χ3v) is 4.79. The van der Waals surface area contributed by atoms with E-state index in [1.165, 1.54) is 16.9 Å². The Morgan fingerprint density at radius 1 is 1.42 bits per heavy atom. The van der Waals surface area contributed by atoms with E-state index >= 15 is 0 Å². The Morgan fingerprint density at radius 2 is 2.12 bits per heavy atom. The Balaban J connectivity index is 2.09. The molecule has 0 N–H and O–H groups in total. The number of carbonyl (C=O) groups excluding carboxylic acids is 1. The molecule has 0 bridgehead atoms. The maximum absolute atomic E-state index is 12.7. The lowest BCUT2D eigenvalue weighted by atomic mass is 9.81. The van der Waals surface area contributed by atoms with Crippen LogP contribution >= 0.6 is 11.3 Å². The number of aromatic nitrogens is 2. The van der Waals surface area contributed by atoms with Crippen molar-refractivity contribution in [2.45, 2.75) is 60.4 Å². The summed E-state index contributed by atoms with van der Waals surface area (Å²) in [5.41, 5.74) is 2.30. The summed E-state index contributed by atoms with van der Waals surface area (Å²) in [7, 11) is 0. The first-order valence-electron chi connectivity index (χ1n) is 8.39. The van der Waals surface area contributed by atoms with Gasteiger partial charge in [0.05, 0.1) is 0 Å². The molecule has 132 valence electrons. The molecular weight excluding hydrogens is 322 g/mol. The van der Waals surface area contributed by atoms with Gasteiger partial charge in [0.15, 0.2) is 6.61 Å². The average molecular weight is 350 g/mol. The highest BCUT2D eigenvalue weighted by molar-refractivity contribution is 7.13. The molecule has 1 aromatic rings. The molecule has 1 aromatic heterocycles. The second kappa shape index (κ2) is 7.47. The van der Waals surface area contributed by atoms with E-state index in [9.17, 15) is 4.79 Å². The van der Waals surface area contributed by atoms with Crippen LogP contribution in [0.2, 0.25) is 0 Å². The summed E-state index contributed by atoms with van der Waals surface area (Å²) in [6.07, 6.45) is 6.01. The molecule has 0 fully saturated rings. The number of rotatable bonds is 6. The van der Waals surface area contributed by atoms with Gasteiger partial charge in [0.1, 0.15) is 5.01 Å². The summed E-state index contributed by atoms with van der Waals surface area (Å²) >= 11 is 1.39. The molecule has 6 heteroatoms. The standard InChI is InChI=1S/C18H27N3O2S/c1-7-15-19-20-17(24-15)23-11-16(22)21(12(2)3)14-8-13(4)9-18(5,6)10-14/h8-9,12H,7,10-11H2,1-6H3. The smallest absolute Gasteiger partial charge is 0.294 e. The molecule has 2 rings (SSSR count). The van der Waals surface area contributed by atoms with Crippen molar-refractivity contribution in [1.82, 2.24) is 15.1 Å². The van der Waals surface area contributed by atoms with Crippen LogP contribution < -0.4 is 4.74 Å². The van der Waals surface area contributed by atoms with E-state index in [0.29, 0.717) is 5.19 Å². The van der Waals surface area contributed by atoms with Gasteiger partial charge >= 0.3 is 0 Å². The van der Waals surface area contributed by atoms with Crippen molar-refractivity contribution < 1.29 is 9.53 Å². The highest BCUT2D eigenvalue weighted by Gasteiger charge is 2.29. The van der Waals surface area contributed by atoms with Crippen LogP contribution in [0, 0.1) is 5.41 Å². The highest BCUT2D eigenvalue weighted by atomic mass is 32.1. The van der Waals surface area contributed by atoms with Crippen LogP contribution in [0.15, 0.2) is 23.4 Å². The van der Waals surface area contributed by atoms with Crippen LogP contribution in [0.1, 0.15) is 53.0 Å². The molecule has 0 spiro atoms.